The molecule has 5 heteroatoms. The molecule has 0 saturated carbocycles. The van der Waals surface area contributed by atoms with Crippen molar-refractivity contribution >= 4 is 17.6 Å². The van der Waals surface area contributed by atoms with E-state index in [1.807, 2.05) is 0 Å². The van der Waals surface area contributed by atoms with E-state index in [0.717, 1.165) is 0 Å². The Kier molecular flexibility index (Phi) is 3.06. The van der Waals surface area contributed by atoms with E-state index in [2.05, 4.69) is 4.98 Å². The molecule has 0 bridgehead atoms. The molecule has 2 aromatic rings. The van der Waals surface area contributed by atoms with Crippen molar-refractivity contribution in [1.82, 2.24) is 4.98 Å². The van der Waals surface area contributed by atoms with Gasteiger partial charge < -0.3 is 5.11 Å². The monoisotopic (exact) mass is 251 g/mol. The van der Waals surface area contributed by atoms with Gasteiger partial charge in [0.15, 0.2) is 5.69 Å². The summed E-state index contributed by atoms with van der Waals surface area (Å²) in [6, 6.07) is 7.24. The molecule has 0 radical (unpaired) electrons. The summed E-state index contributed by atoms with van der Waals surface area (Å²) in [6.07, 6.45) is 1.39. The number of carbonyl (C=O) groups is 1. The van der Waals surface area contributed by atoms with Gasteiger partial charge in [0.2, 0.25) is 0 Å². The highest BCUT2D eigenvalue weighted by molar-refractivity contribution is 6.31. The highest BCUT2D eigenvalue weighted by Crippen LogP contribution is 2.26. The summed E-state index contributed by atoms with van der Waals surface area (Å²) in [5.41, 5.74) is 0.832. The zero-order valence-electron chi connectivity index (χ0n) is 8.52. The second-order valence-electron chi connectivity index (χ2n) is 3.33. The Morgan fingerprint density at radius 1 is 1.35 bits per heavy atom. The zero-order chi connectivity index (χ0) is 12.4. The summed E-state index contributed by atoms with van der Waals surface area (Å²) in [4.78, 5) is 14.7. The number of rotatable bonds is 2. The molecule has 86 valence electrons. The van der Waals surface area contributed by atoms with Crippen LogP contribution in [0.25, 0.3) is 11.1 Å². The predicted molar refractivity (Wildman–Crippen MR) is 61.6 cm³/mol. The number of nitrogens with zero attached hydrogens (tertiary/aromatic N) is 1. The summed E-state index contributed by atoms with van der Waals surface area (Å²) in [5.74, 6) is -1.68. The van der Waals surface area contributed by atoms with E-state index < -0.39 is 11.8 Å². The molecular formula is C12H7ClFNO2. The molecular weight excluding hydrogens is 245 g/mol. The number of benzene rings is 1. The van der Waals surface area contributed by atoms with Crippen LogP contribution < -0.4 is 0 Å². The van der Waals surface area contributed by atoms with E-state index in [9.17, 15) is 9.18 Å². The predicted octanol–water partition coefficient (Wildman–Crippen LogP) is 3.24. The summed E-state index contributed by atoms with van der Waals surface area (Å²) in [6.45, 7) is 0. The number of halogens is 2. The van der Waals surface area contributed by atoms with Crippen molar-refractivity contribution in [2.75, 3.05) is 0 Å². The van der Waals surface area contributed by atoms with Gasteiger partial charge in [0.05, 0.1) is 5.02 Å². The van der Waals surface area contributed by atoms with Crippen molar-refractivity contribution in [3.05, 3.63) is 53.1 Å². The molecule has 17 heavy (non-hydrogen) atoms. The van der Waals surface area contributed by atoms with E-state index in [0.29, 0.717) is 11.1 Å². The fraction of sp³-hybridized carbons (Fsp3) is 0. The zero-order valence-corrected chi connectivity index (χ0v) is 9.28. The Labute approximate surface area is 101 Å². The van der Waals surface area contributed by atoms with Crippen molar-refractivity contribution in [2.45, 2.75) is 0 Å². The van der Waals surface area contributed by atoms with Gasteiger partial charge >= 0.3 is 5.97 Å². The summed E-state index contributed by atoms with van der Waals surface area (Å²) in [5, 5.41) is 8.93. The number of hydrogen-bond acceptors (Lipinski definition) is 2. The lowest BCUT2D eigenvalue weighted by atomic mass is 10.0. The minimum absolute atomic E-state index is 0.0531. The van der Waals surface area contributed by atoms with Crippen LogP contribution in [0.15, 0.2) is 36.5 Å². The second-order valence-corrected chi connectivity index (χ2v) is 3.74. The van der Waals surface area contributed by atoms with Gasteiger partial charge in [0, 0.05) is 11.8 Å². The maximum Gasteiger partial charge on any atom is 0.355 e. The lowest BCUT2D eigenvalue weighted by Crippen LogP contribution is -2.02. The van der Waals surface area contributed by atoms with E-state index in [1.54, 1.807) is 12.1 Å². The minimum atomic E-state index is -1.14. The number of aromatic nitrogens is 1. The molecule has 0 amide bonds. The quantitative estimate of drug-likeness (QED) is 0.891. The Morgan fingerprint density at radius 3 is 2.76 bits per heavy atom. The molecule has 0 aliphatic rings. The third kappa shape index (κ3) is 2.26. The maximum absolute atomic E-state index is 13.0. The van der Waals surface area contributed by atoms with Crippen LogP contribution >= 0.6 is 11.6 Å². The standard InChI is InChI=1S/C12H7ClFNO2/c13-9-6-7(3-4-10(9)14)8-2-1-5-15-11(8)12(16)17/h1-6H,(H,16,17). The molecule has 1 heterocycles. The van der Waals surface area contributed by atoms with Crippen LogP contribution in [0, 0.1) is 5.82 Å². The Hall–Kier alpha value is -1.94. The normalized spacial score (nSPS) is 10.2. The van der Waals surface area contributed by atoms with Crippen LogP contribution in [0.4, 0.5) is 4.39 Å². The van der Waals surface area contributed by atoms with Crippen molar-refractivity contribution < 1.29 is 14.3 Å². The summed E-state index contributed by atoms with van der Waals surface area (Å²) in [7, 11) is 0. The topological polar surface area (TPSA) is 50.2 Å². The van der Waals surface area contributed by atoms with Gasteiger partial charge in [-0.3, -0.25) is 0 Å². The van der Waals surface area contributed by atoms with Gasteiger partial charge in [-0.05, 0) is 23.8 Å². The molecule has 0 spiro atoms. The van der Waals surface area contributed by atoms with Gasteiger partial charge in [0.1, 0.15) is 5.82 Å². The van der Waals surface area contributed by atoms with Gasteiger partial charge in [0.25, 0.3) is 0 Å². The van der Waals surface area contributed by atoms with E-state index in [-0.39, 0.29) is 10.7 Å². The van der Waals surface area contributed by atoms with E-state index in [1.165, 1.54) is 24.4 Å². The molecule has 1 aromatic heterocycles. The average Bonchev–Trinajstić information content (AvgIpc) is 2.32. The second kappa shape index (κ2) is 4.51. The van der Waals surface area contributed by atoms with Crippen LogP contribution in [0.2, 0.25) is 5.02 Å². The first-order valence-electron chi connectivity index (χ1n) is 4.73. The van der Waals surface area contributed by atoms with Crippen LogP contribution in [0.1, 0.15) is 10.5 Å². The van der Waals surface area contributed by atoms with Gasteiger partial charge in [-0.15, -0.1) is 0 Å². The van der Waals surface area contributed by atoms with Crippen LogP contribution in [-0.2, 0) is 0 Å². The first kappa shape index (κ1) is 11.5. The Balaban J connectivity index is 2.60. The first-order valence-corrected chi connectivity index (χ1v) is 5.11. The summed E-state index contributed by atoms with van der Waals surface area (Å²) < 4.78 is 13.0. The fourth-order valence-electron chi connectivity index (χ4n) is 1.47. The molecule has 0 fully saturated rings. The number of carboxylic acid groups (broad SMARTS) is 1. The molecule has 0 aliphatic carbocycles. The average molecular weight is 252 g/mol. The largest absolute Gasteiger partial charge is 0.476 e. The van der Waals surface area contributed by atoms with Gasteiger partial charge in [-0.1, -0.05) is 23.7 Å². The highest BCUT2D eigenvalue weighted by Gasteiger charge is 2.13. The van der Waals surface area contributed by atoms with Crippen LogP contribution in [-0.4, -0.2) is 16.1 Å². The molecule has 1 aromatic carbocycles. The molecule has 0 aliphatic heterocycles. The molecule has 3 nitrogen and oxygen atoms in total. The smallest absolute Gasteiger partial charge is 0.355 e. The number of aromatic carboxylic acids is 1. The number of pyridine rings is 1. The molecule has 1 N–H and O–H groups in total. The third-order valence-corrected chi connectivity index (χ3v) is 2.53. The molecule has 0 atom stereocenters. The Morgan fingerprint density at radius 2 is 2.12 bits per heavy atom. The van der Waals surface area contributed by atoms with Crippen LogP contribution in [0.5, 0.6) is 0 Å². The lowest BCUT2D eigenvalue weighted by Gasteiger charge is -2.05. The number of carboxylic acids is 1. The Bertz CT molecular complexity index is 586. The number of hydrogen-bond donors (Lipinski definition) is 1. The van der Waals surface area contributed by atoms with Crippen molar-refractivity contribution in [1.29, 1.82) is 0 Å². The maximum atomic E-state index is 13.0. The van der Waals surface area contributed by atoms with Crippen molar-refractivity contribution in [3.8, 4) is 11.1 Å². The first-order chi connectivity index (χ1) is 8.09. The fourth-order valence-corrected chi connectivity index (χ4v) is 1.65. The van der Waals surface area contributed by atoms with Crippen molar-refractivity contribution in [3.63, 3.8) is 0 Å². The highest BCUT2D eigenvalue weighted by atomic mass is 35.5. The van der Waals surface area contributed by atoms with E-state index in [4.69, 9.17) is 16.7 Å². The lowest BCUT2D eigenvalue weighted by molar-refractivity contribution is 0.0691. The minimum Gasteiger partial charge on any atom is -0.476 e. The molecule has 2 rings (SSSR count). The van der Waals surface area contributed by atoms with Crippen molar-refractivity contribution in [2.24, 2.45) is 0 Å². The summed E-state index contributed by atoms with van der Waals surface area (Å²) >= 11 is 5.65. The van der Waals surface area contributed by atoms with Crippen LogP contribution in [0.3, 0.4) is 0 Å². The SMILES string of the molecule is O=C(O)c1ncccc1-c1ccc(F)c(Cl)c1. The van der Waals surface area contributed by atoms with Gasteiger partial charge in [-0.25, -0.2) is 14.2 Å². The molecule has 0 unspecified atom stereocenters. The molecule has 0 saturated heterocycles. The van der Waals surface area contributed by atoms with E-state index >= 15 is 0 Å². The van der Waals surface area contributed by atoms with Gasteiger partial charge in [-0.2, -0.15) is 0 Å². The third-order valence-electron chi connectivity index (χ3n) is 2.24.